The number of methoxy groups -OCH3 is 1. The first-order chi connectivity index (χ1) is 13.3. The number of hydrogen-bond donors (Lipinski definition) is 1. The first kappa shape index (κ1) is 17.3. The maximum absolute atomic E-state index is 5.51. The summed E-state index contributed by atoms with van der Waals surface area (Å²) >= 11 is 0. The van der Waals surface area contributed by atoms with Crippen LogP contribution in [0, 0.1) is 0 Å². The molecule has 0 saturated heterocycles. The Morgan fingerprint density at radius 1 is 0.852 bits per heavy atom. The van der Waals surface area contributed by atoms with Gasteiger partial charge in [0.2, 0.25) is 0 Å². The molecular formula is C24H22N2O. The van der Waals surface area contributed by atoms with Gasteiger partial charge in [-0.25, -0.2) is 0 Å². The number of aromatic nitrogens is 1. The van der Waals surface area contributed by atoms with Crippen molar-refractivity contribution in [2.24, 2.45) is 0 Å². The van der Waals surface area contributed by atoms with E-state index in [2.05, 4.69) is 71.0 Å². The van der Waals surface area contributed by atoms with Crippen LogP contribution in [0.3, 0.4) is 0 Å². The van der Waals surface area contributed by atoms with Crippen LogP contribution in [-0.2, 0) is 6.54 Å². The first-order valence-corrected chi connectivity index (χ1v) is 9.06. The molecule has 1 aromatic heterocycles. The SMILES string of the molecule is CNCc1ccnc(-c2ccc(OC)cc2-c2cccc3ccccc23)c1. The molecule has 0 bridgehead atoms. The van der Waals surface area contributed by atoms with Gasteiger partial charge in [0, 0.05) is 18.3 Å². The highest BCUT2D eigenvalue weighted by Crippen LogP contribution is 2.37. The molecule has 0 unspecified atom stereocenters. The average molecular weight is 354 g/mol. The predicted molar refractivity (Wildman–Crippen MR) is 112 cm³/mol. The molecule has 1 heterocycles. The number of pyridine rings is 1. The number of nitrogens with one attached hydrogen (secondary N) is 1. The minimum absolute atomic E-state index is 0.815. The molecule has 0 fully saturated rings. The molecule has 0 atom stereocenters. The third-order valence-electron chi connectivity index (χ3n) is 4.79. The Morgan fingerprint density at radius 2 is 1.70 bits per heavy atom. The molecule has 4 rings (SSSR count). The molecule has 0 aliphatic carbocycles. The number of nitrogens with zero attached hydrogens (tertiary/aromatic N) is 1. The Kier molecular flexibility index (Phi) is 4.86. The van der Waals surface area contributed by atoms with Crippen LogP contribution in [0.25, 0.3) is 33.2 Å². The van der Waals surface area contributed by atoms with E-state index in [0.717, 1.165) is 29.1 Å². The lowest BCUT2D eigenvalue weighted by atomic mass is 9.92. The fourth-order valence-electron chi connectivity index (χ4n) is 3.49. The van der Waals surface area contributed by atoms with Crippen LogP contribution < -0.4 is 10.1 Å². The van der Waals surface area contributed by atoms with E-state index in [-0.39, 0.29) is 0 Å². The summed E-state index contributed by atoms with van der Waals surface area (Å²) in [6.07, 6.45) is 1.87. The second kappa shape index (κ2) is 7.60. The summed E-state index contributed by atoms with van der Waals surface area (Å²) in [5.74, 6) is 0.841. The summed E-state index contributed by atoms with van der Waals surface area (Å²) in [6.45, 7) is 0.815. The van der Waals surface area contributed by atoms with E-state index in [1.165, 1.54) is 21.9 Å². The minimum Gasteiger partial charge on any atom is -0.497 e. The maximum atomic E-state index is 5.51. The van der Waals surface area contributed by atoms with Crippen LogP contribution in [0.1, 0.15) is 5.56 Å². The molecule has 0 saturated carbocycles. The van der Waals surface area contributed by atoms with E-state index in [4.69, 9.17) is 4.74 Å². The Bertz CT molecular complexity index is 1080. The summed E-state index contributed by atoms with van der Waals surface area (Å²) in [6, 6.07) is 25.3. The van der Waals surface area contributed by atoms with Gasteiger partial charge in [-0.05, 0) is 64.8 Å². The van der Waals surface area contributed by atoms with Crippen LogP contribution in [0.15, 0.2) is 79.0 Å². The number of ether oxygens (including phenoxy) is 1. The molecule has 0 amide bonds. The van der Waals surface area contributed by atoms with Gasteiger partial charge < -0.3 is 10.1 Å². The van der Waals surface area contributed by atoms with Gasteiger partial charge in [-0.2, -0.15) is 0 Å². The average Bonchev–Trinajstić information content (AvgIpc) is 2.73. The second-order valence-electron chi connectivity index (χ2n) is 6.52. The third kappa shape index (κ3) is 3.42. The van der Waals surface area contributed by atoms with Gasteiger partial charge in [0.1, 0.15) is 5.75 Å². The topological polar surface area (TPSA) is 34.2 Å². The molecule has 1 N–H and O–H groups in total. The van der Waals surface area contributed by atoms with Crippen LogP contribution in [-0.4, -0.2) is 19.1 Å². The Morgan fingerprint density at radius 3 is 2.56 bits per heavy atom. The molecule has 0 radical (unpaired) electrons. The van der Waals surface area contributed by atoms with Crippen molar-refractivity contribution in [1.82, 2.24) is 10.3 Å². The highest BCUT2D eigenvalue weighted by Gasteiger charge is 2.13. The van der Waals surface area contributed by atoms with Crippen LogP contribution in [0.5, 0.6) is 5.75 Å². The van der Waals surface area contributed by atoms with Crippen molar-refractivity contribution in [2.75, 3.05) is 14.2 Å². The fourth-order valence-corrected chi connectivity index (χ4v) is 3.49. The minimum atomic E-state index is 0.815. The van der Waals surface area contributed by atoms with E-state index < -0.39 is 0 Å². The Balaban J connectivity index is 1.95. The summed E-state index contributed by atoms with van der Waals surface area (Å²) in [7, 11) is 3.66. The summed E-state index contributed by atoms with van der Waals surface area (Å²) in [5, 5.41) is 5.65. The van der Waals surface area contributed by atoms with Crippen molar-refractivity contribution in [3.8, 4) is 28.1 Å². The van der Waals surface area contributed by atoms with Crippen LogP contribution in [0.4, 0.5) is 0 Å². The quantitative estimate of drug-likeness (QED) is 0.528. The largest absolute Gasteiger partial charge is 0.497 e. The standard InChI is InChI=1S/C24H22N2O/c1-25-16-17-12-13-26-24(14-17)22-11-10-19(27-2)15-23(22)21-9-5-7-18-6-3-4-8-20(18)21/h3-15,25H,16H2,1-2H3. The molecule has 0 spiro atoms. The lowest BCUT2D eigenvalue weighted by molar-refractivity contribution is 0.415. The lowest BCUT2D eigenvalue weighted by Crippen LogP contribution is -2.05. The zero-order valence-corrected chi connectivity index (χ0v) is 15.6. The zero-order valence-electron chi connectivity index (χ0n) is 15.6. The van der Waals surface area contributed by atoms with Crippen LogP contribution in [0.2, 0.25) is 0 Å². The predicted octanol–water partition coefficient (Wildman–Crippen LogP) is 5.30. The van der Waals surface area contributed by atoms with Crippen molar-refractivity contribution >= 4 is 10.8 Å². The van der Waals surface area contributed by atoms with E-state index >= 15 is 0 Å². The summed E-state index contributed by atoms with van der Waals surface area (Å²) in [5.41, 5.74) is 5.59. The van der Waals surface area contributed by atoms with Gasteiger partial charge >= 0.3 is 0 Å². The van der Waals surface area contributed by atoms with E-state index in [0.29, 0.717) is 0 Å². The van der Waals surface area contributed by atoms with Gasteiger partial charge in [0.15, 0.2) is 0 Å². The second-order valence-corrected chi connectivity index (χ2v) is 6.52. The highest BCUT2D eigenvalue weighted by atomic mass is 16.5. The summed E-state index contributed by atoms with van der Waals surface area (Å²) < 4.78 is 5.51. The molecule has 3 nitrogen and oxygen atoms in total. The molecule has 4 aromatic rings. The highest BCUT2D eigenvalue weighted by molar-refractivity contribution is 6.00. The lowest BCUT2D eigenvalue weighted by Gasteiger charge is -2.14. The molecule has 27 heavy (non-hydrogen) atoms. The van der Waals surface area contributed by atoms with E-state index in [9.17, 15) is 0 Å². The Hall–Kier alpha value is -3.17. The smallest absolute Gasteiger partial charge is 0.119 e. The first-order valence-electron chi connectivity index (χ1n) is 9.06. The van der Waals surface area contributed by atoms with Crippen molar-refractivity contribution in [2.45, 2.75) is 6.54 Å². The van der Waals surface area contributed by atoms with Gasteiger partial charge in [-0.3, -0.25) is 4.98 Å². The normalized spacial score (nSPS) is 10.9. The fraction of sp³-hybridized carbons (Fsp3) is 0.125. The van der Waals surface area contributed by atoms with Crippen molar-refractivity contribution < 1.29 is 4.74 Å². The maximum Gasteiger partial charge on any atom is 0.119 e. The molecule has 3 heteroatoms. The van der Waals surface area contributed by atoms with Crippen molar-refractivity contribution in [3.05, 3.63) is 84.6 Å². The van der Waals surface area contributed by atoms with E-state index in [1.54, 1.807) is 7.11 Å². The molecule has 3 aromatic carbocycles. The summed E-state index contributed by atoms with van der Waals surface area (Å²) in [4.78, 5) is 4.65. The number of benzene rings is 3. The number of rotatable bonds is 5. The number of hydrogen-bond acceptors (Lipinski definition) is 3. The van der Waals surface area contributed by atoms with Gasteiger partial charge in [0.05, 0.1) is 12.8 Å². The van der Waals surface area contributed by atoms with Crippen molar-refractivity contribution in [1.29, 1.82) is 0 Å². The molecular weight excluding hydrogens is 332 g/mol. The Labute approximate surface area is 159 Å². The molecule has 134 valence electrons. The zero-order chi connectivity index (χ0) is 18.6. The molecule has 0 aliphatic heterocycles. The third-order valence-corrected chi connectivity index (χ3v) is 4.79. The van der Waals surface area contributed by atoms with Gasteiger partial charge in [-0.15, -0.1) is 0 Å². The van der Waals surface area contributed by atoms with Crippen molar-refractivity contribution in [3.63, 3.8) is 0 Å². The van der Waals surface area contributed by atoms with E-state index in [1.807, 2.05) is 25.4 Å². The van der Waals surface area contributed by atoms with Gasteiger partial charge in [-0.1, -0.05) is 42.5 Å². The molecule has 0 aliphatic rings. The van der Waals surface area contributed by atoms with Gasteiger partial charge in [0.25, 0.3) is 0 Å². The number of fused-ring (bicyclic) bond motifs is 1. The van der Waals surface area contributed by atoms with Crippen LogP contribution >= 0.6 is 0 Å². The monoisotopic (exact) mass is 354 g/mol.